The quantitative estimate of drug-likeness (QED) is 0.887. The highest BCUT2D eigenvalue weighted by atomic mass is 19.4. The van der Waals surface area contributed by atoms with Crippen LogP contribution in [0.2, 0.25) is 0 Å². The molecule has 138 valence electrons. The first-order chi connectivity index (χ1) is 12.4. The number of hydrogen-bond donors (Lipinski definition) is 1. The summed E-state index contributed by atoms with van der Waals surface area (Å²) in [4.78, 5) is 16.2. The topological polar surface area (TPSA) is 51.2 Å². The van der Waals surface area contributed by atoms with E-state index < -0.39 is 11.7 Å². The minimum atomic E-state index is -4.37. The number of carbonyl (C=O) groups excluding carboxylic acids is 1. The molecule has 1 aliphatic heterocycles. The Kier molecular flexibility index (Phi) is 5.56. The summed E-state index contributed by atoms with van der Waals surface area (Å²) in [6.45, 7) is 1.00. The Hall–Kier alpha value is -2.41. The van der Waals surface area contributed by atoms with Crippen LogP contribution in [0.4, 0.5) is 13.2 Å². The number of nitrogens with one attached hydrogen (secondary N) is 1. The molecule has 1 amide bonds. The molecule has 1 N–H and O–H groups in total. The predicted molar refractivity (Wildman–Crippen MR) is 89.3 cm³/mol. The molecular weight excluding hydrogens is 345 g/mol. The molecule has 0 saturated carbocycles. The lowest BCUT2D eigenvalue weighted by Crippen LogP contribution is -2.41. The Morgan fingerprint density at radius 3 is 2.42 bits per heavy atom. The zero-order chi connectivity index (χ0) is 18.6. The molecule has 1 fully saturated rings. The van der Waals surface area contributed by atoms with Gasteiger partial charge in [-0.25, -0.2) is 0 Å². The fourth-order valence-electron chi connectivity index (χ4n) is 3.04. The van der Waals surface area contributed by atoms with Crippen LogP contribution in [-0.2, 0) is 28.5 Å². The molecule has 2 heterocycles. The van der Waals surface area contributed by atoms with E-state index in [9.17, 15) is 18.0 Å². The summed E-state index contributed by atoms with van der Waals surface area (Å²) in [5, 5.41) is 2.94. The molecule has 0 bridgehead atoms. The molecule has 1 aromatic heterocycles. The molecule has 0 unspecified atom stereocenters. The number of halogens is 3. The van der Waals surface area contributed by atoms with Crippen molar-refractivity contribution >= 4 is 5.91 Å². The van der Waals surface area contributed by atoms with Crippen molar-refractivity contribution in [2.75, 3.05) is 13.2 Å². The van der Waals surface area contributed by atoms with Crippen molar-refractivity contribution in [3.63, 3.8) is 0 Å². The Morgan fingerprint density at radius 2 is 1.77 bits per heavy atom. The monoisotopic (exact) mass is 364 g/mol. The average Bonchev–Trinajstić information content (AvgIpc) is 3.02. The van der Waals surface area contributed by atoms with Gasteiger partial charge in [0.05, 0.1) is 31.2 Å². The van der Waals surface area contributed by atoms with Gasteiger partial charge in [-0.1, -0.05) is 12.1 Å². The Balaban J connectivity index is 1.55. The lowest BCUT2D eigenvalue weighted by atomic mass is 9.95. The Morgan fingerprint density at radius 1 is 1.08 bits per heavy atom. The highest BCUT2D eigenvalue weighted by Gasteiger charge is 2.31. The van der Waals surface area contributed by atoms with Crippen LogP contribution in [-0.4, -0.2) is 30.1 Å². The van der Waals surface area contributed by atoms with Gasteiger partial charge in [0.15, 0.2) is 0 Å². The van der Waals surface area contributed by atoms with E-state index in [0.29, 0.717) is 18.8 Å². The van der Waals surface area contributed by atoms with E-state index >= 15 is 0 Å². The van der Waals surface area contributed by atoms with Gasteiger partial charge in [0.1, 0.15) is 0 Å². The third kappa shape index (κ3) is 4.82. The minimum Gasteiger partial charge on any atom is -0.379 e. The summed E-state index contributed by atoms with van der Waals surface area (Å²) in [6.07, 6.45) is -0.112. The van der Waals surface area contributed by atoms with Crippen LogP contribution >= 0.6 is 0 Å². The number of alkyl halides is 3. The molecule has 26 heavy (non-hydrogen) atoms. The van der Waals surface area contributed by atoms with E-state index in [2.05, 4.69) is 10.3 Å². The molecule has 0 aliphatic carbocycles. The first-order valence-electron chi connectivity index (χ1n) is 8.34. The summed E-state index contributed by atoms with van der Waals surface area (Å²) < 4.78 is 43.2. The second kappa shape index (κ2) is 7.86. The Labute approximate surface area is 149 Å². The van der Waals surface area contributed by atoms with Crippen molar-refractivity contribution in [2.45, 2.75) is 25.1 Å². The molecule has 3 rings (SSSR count). The Bertz CT molecular complexity index is 733. The van der Waals surface area contributed by atoms with E-state index in [-0.39, 0.29) is 24.3 Å². The first kappa shape index (κ1) is 18.4. The van der Waals surface area contributed by atoms with Crippen LogP contribution in [0.1, 0.15) is 16.7 Å². The number of benzene rings is 1. The van der Waals surface area contributed by atoms with Gasteiger partial charge in [-0.2, -0.15) is 13.2 Å². The molecule has 1 aromatic carbocycles. The van der Waals surface area contributed by atoms with Gasteiger partial charge in [0, 0.05) is 18.3 Å². The molecule has 1 aliphatic rings. The van der Waals surface area contributed by atoms with E-state index in [4.69, 9.17) is 4.74 Å². The van der Waals surface area contributed by atoms with E-state index in [1.807, 2.05) is 12.1 Å². The third-order valence-electron chi connectivity index (χ3n) is 4.44. The van der Waals surface area contributed by atoms with Crippen LogP contribution in [0, 0.1) is 5.92 Å². The number of aromatic nitrogens is 1. The number of rotatable bonds is 5. The smallest absolute Gasteiger partial charge is 0.379 e. The summed E-state index contributed by atoms with van der Waals surface area (Å²) in [6, 6.07) is 8.41. The molecule has 7 heteroatoms. The minimum absolute atomic E-state index is 0.0383. The lowest BCUT2D eigenvalue weighted by molar-refractivity contribution is -0.137. The van der Waals surface area contributed by atoms with Gasteiger partial charge in [-0.15, -0.1) is 0 Å². The lowest BCUT2D eigenvalue weighted by Gasteiger charge is -2.19. The first-order valence-corrected chi connectivity index (χ1v) is 8.34. The van der Waals surface area contributed by atoms with Gasteiger partial charge in [0.2, 0.25) is 5.91 Å². The number of carbonyl (C=O) groups is 1. The third-order valence-corrected chi connectivity index (χ3v) is 4.44. The van der Waals surface area contributed by atoms with Crippen LogP contribution < -0.4 is 5.32 Å². The summed E-state index contributed by atoms with van der Waals surface area (Å²) in [5.41, 5.74) is 0.945. The van der Waals surface area contributed by atoms with Crippen molar-refractivity contribution in [3.05, 3.63) is 65.5 Å². The van der Waals surface area contributed by atoms with Gasteiger partial charge >= 0.3 is 6.18 Å². The van der Waals surface area contributed by atoms with Crippen molar-refractivity contribution in [1.82, 2.24) is 10.3 Å². The highest BCUT2D eigenvalue weighted by molar-refractivity contribution is 5.79. The van der Waals surface area contributed by atoms with Crippen LogP contribution in [0.5, 0.6) is 0 Å². The SMILES string of the molecule is O=C(Cc1ccc(C(F)(F)F)cc1)N[C@@H]1COC[C@H]1Cc1ccncc1. The largest absolute Gasteiger partial charge is 0.416 e. The predicted octanol–water partition coefficient (Wildman–Crippen LogP) is 3.02. The fraction of sp³-hybridized carbons (Fsp3) is 0.368. The molecule has 2 aromatic rings. The van der Waals surface area contributed by atoms with Crippen molar-refractivity contribution in [2.24, 2.45) is 5.92 Å². The van der Waals surface area contributed by atoms with E-state index in [0.717, 1.165) is 24.1 Å². The number of nitrogens with zero attached hydrogens (tertiary/aromatic N) is 1. The standard InChI is InChI=1S/C19H19F3N2O2/c20-19(21,22)16-3-1-13(2-4-16)10-18(25)24-17-12-26-11-15(17)9-14-5-7-23-8-6-14/h1-8,15,17H,9-12H2,(H,24,25)/t15-,17-/m1/s1. The number of hydrogen-bond acceptors (Lipinski definition) is 3. The fourth-order valence-corrected chi connectivity index (χ4v) is 3.04. The number of pyridine rings is 1. The summed E-state index contributed by atoms with van der Waals surface area (Å²) in [5.74, 6) is -0.0612. The molecule has 2 atom stereocenters. The van der Waals surface area contributed by atoms with Gasteiger partial charge in [0.25, 0.3) is 0 Å². The maximum absolute atomic E-state index is 12.6. The van der Waals surface area contributed by atoms with Crippen molar-refractivity contribution in [1.29, 1.82) is 0 Å². The number of amides is 1. The molecule has 0 radical (unpaired) electrons. The average molecular weight is 364 g/mol. The molecule has 4 nitrogen and oxygen atoms in total. The molecule has 0 spiro atoms. The van der Waals surface area contributed by atoms with Crippen LogP contribution in [0.15, 0.2) is 48.8 Å². The van der Waals surface area contributed by atoms with Gasteiger partial charge in [-0.05, 0) is 41.8 Å². The van der Waals surface area contributed by atoms with E-state index in [1.165, 1.54) is 12.1 Å². The van der Waals surface area contributed by atoms with E-state index in [1.54, 1.807) is 12.4 Å². The van der Waals surface area contributed by atoms with Gasteiger partial charge < -0.3 is 10.1 Å². The molecular formula is C19H19F3N2O2. The zero-order valence-electron chi connectivity index (χ0n) is 14.0. The second-order valence-electron chi connectivity index (χ2n) is 6.40. The van der Waals surface area contributed by atoms with Gasteiger partial charge in [-0.3, -0.25) is 9.78 Å². The zero-order valence-corrected chi connectivity index (χ0v) is 14.0. The summed E-state index contributed by atoms with van der Waals surface area (Å²) in [7, 11) is 0. The summed E-state index contributed by atoms with van der Waals surface area (Å²) >= 11 is 0. The second-order valence-corrected chi connectivity index (χ2v) is 6.40. The van der Waals surface area contributed by atoms with Crippen LogP contribution in [0.25, 0.3) is 0 Å². The maximum Gasteiger partial charge on any atom is 0.416 e. The van der Waals surface area contributed by atoms with Crippen molar-refractivity contribution in [3.8, 4) is 0 Å². The van der Waals surface area contributed by atoms with Crippen molar-refractivity contribution < 1.29 is 22.7 Å². The molecule has 1 saturated heterocycles. The maximum atomic E-state index is 12.6. The number of ether oxygens (including phenoxy) is 1. The highest BCUT2D eigenvalue weighted by Crippen LogP contribution is 2.29. The normalized spacial score (nSPS) is 20.1. The van der Waals surface area contributed by atoms with Crippen LogP contribution in [0.3, 0.4) is 0 Å².